The lowest BCUT2D eigenvalue weighted by atomic mass is 10.1. The maximum Gasteiger partial charge on any atom is 0.254 e. The summed E-state index contributed by atoms with van der Waals surface area (Å²) in [6, 6.07) is 5.47. The first-order chi connectivity index (χ1) is 12.9. The Bertz CT molecular complexity index is 1030. The highest BCUT2D eigenvalue weighted by Crippen LogP contribution is 2.25. The summed E-state index contributed by atoms with van der Waals surface area (Å²) in [6.07, 6.45) is 1.80. The molecule has 3 heterocycles. The molecule has 0 atom stereocenters. The van der Waals surface area contributed by atoms with Gasteiger partial charge in [0.15, 0.2) is 5.65 Å². The smallest absolute Gasteiger partial charge is 0.254 e. The van der Waals surface area contributed by atoms with Crippen LogP contribution in [0.3, 0.4) is 0 Å². The second-order valence-corrected chi connectivity index (χ2v) is 6.95. The number of benzene rings is 1. The molecule has 1 fully saturated rings. The Hall–Kier alpha value is -2.58. The number of nitrogens with two attached hydrogens (primary N) is 1. The molecular formula is C19H25Cl2N7O. The monoisotopic (exact) mass is 437 g/mol. The molecule has 0 unspecified atom stereocenters. The summed E-state index contributed by atoms with van der Waals surface area (Å²) in [7, 11) is 1.88. The minimum Gasteiger partial charge on any atom is -0.399 e. The Labute approximate surface area is 181 Å². The minimum absolute atomic E-state index is 0. The summed E-state index contributed by atoms with van der Waals surface area (Å²) in [6.45, 7) is 6.53. The van der Waals surface area contributed by atoms with Crippen LogP contribution < -0.4 is 10.6 Å². The van der Waals surface area contributed by atoms with Crippen LogP contribution in [0.25, 0.3) is 11.0 Å². The van der Waals surface area contributed by atoms with E-state index in [0.29, 0.717) is 37.4 Å². The molecule has 0 radical (unpaired) electrons. The molecule has 2 N–H and O–H groups in total. The van der Waals surface area contributed by atoms with Crippen molar-refractivity contribution in [3.63, 3.8) is 0 Å². The van der Waals surface area contributed by atoms with Gasteiger partial charge in [-0.3, -0.25) is 9.48 Å². The van der Waals surface area contributed by atoms with Crippen molar-refractivity contribution in [3.05, 3.63) is 41.3 Å². The summed E-state index contributed by atoms with van der Waals surface area (Å²) in [5.41, 5.74) is 8.92. The first-order valence-electron chi connectivity index (χ1n) is 9.01. The van der Waals surface area contributed by atoms with E-state index in [1.165, 1.54) is 0 Å². The fraction of sp³-hybridized carbons (Fsp3) is 0.368. The zero-order chi connectivity index (χ0) is 19.1. The van der Waals surface area contributed by atoms with Crippen LogP contribution in [0.1, 0.15) is 21.7 Å². The summed E-state index contributed by atoms with van der Waals surface area (Å²) >= 11 is 0. The fourth-order valence-corrected chi connectivity index (χ4v) is 3.52. The lowest BCUT2D eigenvalue weighted by Crippen LogP contribution is -2.49. The van der Waals surface area contributed by atoms with Crippen LogP contribution in [0, 0.1) is 13.8 Å². The molecule has 1 aliphatic rings. The number of carbonyl (C=O) groups excluding carboxylic acids is 1. The summed E-state index contributed by atoms with van der Waals surface area (Å²) in [5.74, 6) is 1.64. The van der Waals surface area contributed by atoms with E-state index in [2.05, 4.69) is 20.0 Å². The Morgan fingerprint density at radius 3 is 2.45 bits per heavy atom. The molecule has 1 saturated heterocycles. The highest BCUT2D eigenvalue weighted by Gasteiger charge is 2.25. The van der Waals surface area contributed by atoms with E-state index in [-0.39, 0.29) is 30.7 Å². The molecule has 3 aromatic rings. The van der Waals surface area contributed by atoms with Gasteiger partial charge < -0.3 is 15.5 Å². The molecule has 10 heteroatoms. The number of anilines is 2. The van der Waals surface area contributed by atoms with Crippen molar-refractivity contribution >= 4 is 53.3 Å². The zero-order valence-corrected chi connectivity index (χ0v) is 18.3. The average molecular weight is 438 g/mol. The number of halogens is 2. The van der Waals surface area contributed by atoms with E-state index in [0.717, 1.165) is 28.2 Å². The largest absolute Gasteiger partial charge is 0.399 e. The number of amides is 1. The van der Waals surface area contributed by atoms with Gasteiger partial charge in [0.05, 0.1) is 11.6 Å². The second kappa shape index (κ2) is 8.84. The molecule has 0 saturated carbocycles. The van der Waals surface area contributed by atoms with Gasteiger partial charge in [-0.25, -0.2) is 9.97 Å². The highest BCUT2D eigenvalue weighted by atomic mass is 35.5. The quantitative estimate of drug-likeness (QED) is 0.618. The Morgan fingerprint density at radius 1 is 1.07 bits per heavy atom. The van der Waals surface area contributed by atoms with Crippen LogP contribution in [-0.2, 0) is 7.05 Å². The summed E-state index contributed by atoms with van der Waals surface area (Å²) in [4.78, 5) is 26.1. The Balaban J connectivity index is 0.00000150. The van der Waals surface area contributed by atoms with Crippen LogP contribution in [-0.4, -0.2) is 56.7 Å². The fourth-order valence-electron chi connectivity index (χ4n) is 3.52. The first kappa shape index (κ1) is 22.7. The second-order valence-electron chi connectivity index (χ2n) is 6.95. The third-order valence-corrected chi connectivity index (χ3v) is 5.04. The number of hydrogen-bond donors (Lipinski definition) is 1. The molecule has 0 spiro atoms. The number of aromatic nitrogens is 4. The van der Waals surface area contributed by atoms with Crippen molar-refractivity contribution in [3.8, 4) is 0 Å². The number of nitrogen functional groups attached to an aromatic ring is 1. The van der Waals surface area contributed by atoms with Crippen LogP contribution in [0.15, 0.2) is 24.4 Å². The van der Waals surface area contributed by atoms with Crippen LogP contribution >= 0.6 is 24.8 Å². The molecule has 2 aromatic heterocycles. The van der Waals surface area contributed by atoms with Gasteiger partial charge in [-0.15, -0.1) is 24.8 Å². The molecular weight excluding hydrogens is 413 g/mol. The summed E-state index contributed by atoms with van der Waals surface area (Å²) < 4.78 is 1.76. The molecule has 4 rings (SSSR count). The lowest BCUT2D eigenvalue weighted by molar-refractivity contribution is 0.0746. The van der Waals surface area contributed by atoms with Gasteiger partial charge in [-0.2, -0.15) is 5.10 Å². The van der Waals surface area contributed by atoms with E-state index < -0.39 is 0 Å². The molecule has 156 valence electrons. The number of fused-ring (bicyclic) bond motifs is 1. The number of carbonyl (C=O) groups is 1. The number of aryl methyl sites for hydroxylation is 3. The van der Waals surface area contributed by atoms with Crippen molar-refractivity contribution in [2.45, 2.75) is 13.8 Å². The number of rotatable bonds is 2. The van der Waals surface area contributed by atoms with E-state index in [4.69, 9.17) is 5.73 Å². The first-order valence-corrected chi connectivity index (χ1v) is 9.01. The standard InChI is InChI=1S/C19H23N7O.2ClH/c1-12-4-5-14(20)10-15(12)19(27)26-8-6-25(7-9-26)18-16-11-21-24(3)17(16)22-13(2)23-18;;/h4-5,10-11H,6-9,20H2,1-3H3;2*1H. The molecule has 29 heavy (non-hydrogen) atoms. The maximum atomic E-state index is 12.9. The third kappa shape index (κ3) is 4.23. The zero-order valence-electron chi connectivity index (χ0n) is 16.6. The predicted molar refractivity (Wildman–Crippen MR) is 119 cm³/mol. The molecule has 8 nitrogen and oxygen atoms in total. The molecule has 0 bridgehead atoms. The molecule has 0 aliphatic carbocycles. The van der Waals surface area contributed by atoms with E-state index in [9.17, 15) is 4.79 Å². The van der Waals surface area contributed by atoms with Gasteiger partial charge in [-0.1, -0.05) is 6.07 Å². The van der Waals surface area contributed by atoms with Crippen LogP contribution in [0.4, 0.5) is 11.5 Å². The van der Waals surface area contributed by atoms with E-state index >= 15 is 0 Å². The van der Waals surface area contributed by atoms with Crippen molar-refractivity contribution in [2.75, 3.05) is 36.8 Å². The van der Waals surface area contributed by atoms with Crippen LogP contribution in [0.2, 0.25) is 0 Å². The SMILES string of the molecule is Cc1nc(N2CCN(C(=O)c3cc(N)ccc3C)CC2)c2cnn(C)c2n1.Cl.Cl. The van der Waals surface area contributed by atoms with Gasteiger partial charge >= 0.3 is 0 Å². The van der Waals surface area contributed by atoms with E-state index in [1.54, 1.807) is 16.9 Å². The molecule has 1 amide bonds. The Morgan fingerprint density at radius 2 is 1.76 bits per heavy atom. The maximum absolute atomic E-state index is 12.9. The van der Waals surface area contributed by atoms with Gasteiger partial charge in [0.25, 0.3) is 5.91 Å². The number of nitrogens with zero attached hydrogens (tertiary/aromatic N) is 6. The molecule has 1 aromatic carbocycles. The van der Waals surface area contributed by atoms with Crippen molar-refractivity contribution in [1.82, 2.24) is 24.6 Å². The van der Waals surface area contributed by atoms with Crippen LogP contribution in [0.5, 0.6) is 0 Å². The van der Waals surface area contributed by atoms with E-state index in [1.807, 2.05) is 37.9 Å². The predicted octanol–water partition coefficient (Wildman–Crippen LogP) is 2.37. The van der Waals surface area contributed by atoms with Crippen molar-refractivity contribution < 1.29 is 4.79 Å². The third-order valence-electron chi connectivity index (χ3n) is 5.04. The van der Waals surface area contributed by atoms with Crippen molar-refractivity contribution in [1.29, 1.82) is 0 Å². The number of hydrogen-bond acceptors (Lipinski definition) is 6. The minimum atomic E-state index is 0. The molecule has 1 aliphatic heterocycles. The van der Waals surface area contributed by atoms with Gasteiger partial charge in [0.2, 0.25) is 0 Å². The number of piperazine rings is 1. The van der Waals surface area contributed by atoms with Crippen molar-refractivity contribution in [2.24, 2.45) is 7.05 Å². The van der Waals surface area contributed by atoms with Gasteiger partial charge in [-0.05, 0) is 31.5 Å². The highest BCUT2D eigenvalue weighted by molar-refractivity contribution is 5.96. The van der Waals surface area contributed by atoms with Gasteiger partial charge in [0.1, 0.15) is 11.6 Å². The lowest BCUT2D eigenvalue weighted by Gasteiger charge is -2.36. The topological polar surface area (TPSA) is 93.2 Å². The van der Waals surface area contributed by atoms with Gasteiger partial charge in [0, 0.05) is 44.5 Å². The normalized spacial score (nSPS) is 13.8. The summed E-state index contributed by atoms with van der Waals surface area (Å²) in [5, 5.41) is 5.24. The Kier molecular flexibility index (Phi) is 6.92. The average Bonchev–Trinajstić information content (AvgIpc) is 3.03.